The Balaban J connectivity index is 3.34. The number of rotatable bonds is 4. The first-order valence-corrected chi connectivity index (χ1v) is 4.49. The van der Waals surface area contributed by atoms with Crippen molar-refractivity contribution in [2.24, 2.45) is 0 Å². The first-order chi connectivity index (χ1) is 7.13. The van der Waals surface area contributed by atoms with Crippen LogP contribution in [0.4, 0.5) is 4.39 Å². The molecule has 3 nitrogen and oxygen atoms in total. The van der Waals surface area contributed by atoms with Gasteiger partial charge in [0, 0.05) is 11.1 Å². The highest BCUT2D eigenvalue weighted by molar-refractivity contribution is 5.79. The summed E-state index contributed by atoms with van der Waals surface area (Å²) in [6.45, 7) is 1.37. The minimum Gasteiger partial charge on any atom is -0.493 e. The monoisotopic (exact) mass is 212 g/mol. The highest BCUT2D eigenvalue weighted by atomic mass is 19.1. The number of carbonyl (C=O) groups is 1. The van der Waals surface area contributed by atoms with Crippen LogP contribution < -0.4 is 9.47 Å². The smallest absolute Gasteiger partial charge is 0.161 e. The van der Waals surface area contributed by atoms with Crippen LogP contribution in [0.5, 0.6) is 11.5 Å². The molecule has 0 radical (unpaired) electrons. The van der Waals surface area contributed by atoms with Gasteiger partial charge in [0.15, 0.2) is 17.8 Å². The van der Waals surface area contributed by atoms with Crippen molar-refractivity contribution in [3.8, 4) is 11.5 Å². The lowest BCUT2D eigenvalue weighted by Crippen LogP contribution is -1.98. The number of carbonyl (C=O) groups excluding carboxylic acids is 1. The van der Waals surface area contributed by atoms with Gasteiger partial charge in [-0.15, -0.1) is 0 Å². The van der Waals surface area contributed by atoms with Crippen molar-refractivity contribution >= 4 is 6.29 Å². The molecule has 0 N–H and O–H groups in total. The van der Waals surface area contributed by atoms with Crippen molar-refractivity contribution in [3.05, 3.63) is 23.3 Å². The molecule has 0 aliphatic rings. The van der Waals surface area contributed by atoms with Crippen molar-refractivity contribution in [1.29, 1.82) is 0 Å². The van der Waals surface area contributed by atoms with Gasteiger partial charge in [-0.1, -0.05) is 0 Å². The van der Waals surface area contributed by atoms with Crippen molar-refractivity contribution in [2.75, 3.05) is 14.2 Å². The van der Waals surface area contributed by atoms with Crippen molar-refractivity contribution in [1.82, 2.24) is 0 Å². The maximum atomic E-state index is 13.2. The Morgan fingerprint density at radius 3 is 2.20 bits per heavy atom. The third-order valence-electron chi connectivity index (χ3n) is 2.14. The van der Waals surface area contributed by atoms with Gasteiger partial charge in [0.25, 0.3) is 0 Å². The number of halogens is 1. The Morgan fingerprint density at radius 2 is 1.80 bits per heavy atom. The number of alkyl halides is 1. The van der Waals surface area contributed by atoms with E-state index in [2.05, 4.69) is 0 Å². The molecule has 0 fully saturated rings. The van der Waals surface area contributed by atoms with Gasteiger partial charge in [0.2, 0.25) is 0 Å². The maximum Gasteiger partial charge on any atom is 0.161 e. The second kappa shape index (κ2) is 4.77. The standard InChI is InChI=1S/C11H13FO3/c1-7(12)9-5-11(15-3)10(14-2)4-8(9)6-13/h4-7H,1-3H3. The SMILES string of the molecule is COc1cc(C=O)c(C(C)F)cc1OC. The van der Waals surface area contributed by atoms with Crippen LogP contribution in [0.2, 0.25) is 0 Å². The average Bonchev–Trinajstić information content (AvgIpc) is 2.26. The lowest BCUT2D eigenvalue weighted by molar-refractivity contribution is 0.112. The molecule has 0 spiro atoms. The highest BCUT2D eigenvalue weighted by Crippen LogP contribution is 2.33. The Hall–Kier alpha value is -1.58. The van der Waals surface area contributed by atoms with Crippen molar-refractivity contribution in [2.45, 2.75) is 13.1 Å². The van der Waals surface area contributed by atoms with Gasteiger partial charge in [-0.2, -0.15) is 0 Å². The molecule has 0 bridgehead atoms. The van der Waals surface area contributed by atoms with Crippen LogP contribution in [-0.2, 0) is 0 Å². The minimum atomic E-state index is -1.22. The van der Waals surface area contributed by atoms with Gasteiger partial charge in [0.1, 0.15) is 6.17 Å². The molecule has 15 heavy (non-hydrogen) atoms. The summed E-state index contributed by atoms with van der Waals surface area (Å²) in [7, 11) is 2.93. The zero-order chi connectivity index (χ0) is 11.4. The summed E-state index contributed by atoms with van der Waals surface area (Å²) in [5.74, 6) is 0.839. The molecular weight excluding hydrogens is 199 g/mol. The van der Waals surface area contributed by atoms with Gasteiger partial charge in [-0.05, 0) is 19.1 Å². The van der Waals surface area contributed by atoms with Crippen LogP contribution in [0.25, 0.3) is 0 Å². The van der Waals surface area contributed by atoms with Gasteiger partial charge >= 0.3 is 0 Å². The predicted octanol–water partition coefficient (Wildman–Crippen LogP) is 2.55. The Labute approximate surface area is 87.8 Å². The largest absolute Gasteiger partial charge is 0.493 e. The fourth-order valence-corrected chi connectivity index (χ4v) is 1.36. The fraction of sp³-hybridized carbons (Fsp3) is 0.364. The fourth-order valence-electron chi connectivity index (χ4n) is 1.36. The zero-order valence-corrected chi connectivity index (χ0v) is 8.91. The molecule has 0 aromatic heterocycles. The van der Waals surface area contributed by atoms with E-state index in [4.69, 9.17) is 9.47 Å². The Kier molecular flexibility index (Phi) is 3.66. The number of hydrogen-bond acceptors (Lipinski definition) is 3. The zero-order valence-electron chi connectivity index (χ0n) is 8.91. The molecule has 0 heterocycles. The first-order valence-electron chi connectivity index (χ1n) is 4.49. The van der Waals surface area contributed by atoms with E-state index in [0.717, 1.165) is 0 Å². The molecule has 0 aliphatic heterocycles. The van der Waals surface area contributed by atoms with Gasteiger partial charge in [-0.25, -0.2) is 4.39 Å². The molecule has 0 saturated heterocycles. The lowest BCUT2D eigenvalue weighted by atomic mass is 10.0. The molecule has 1 aromatic rings. The first kappa shape index (κ1) is 11.5. The van der Waals surface area contributed by atoms with E-state index in [1.54, 1.807) is 0 Å². The van der Waals surface area contributed by atoms with Crippen LogP contribution in [-0.4, -0.2) is 20.5 Å². The normalized spacial score (nSPS) is 12.0. The summed E-state index contributed by atoms with van der Waals surface area (Å²) < 4.78 is 23.2. The van der Waals surface area contributed by atoms with E-state index in [9.17, 15) is 9.18 Å². The molecule has 1 atom stereocenters. The molecular formula is C11H13FO3. The Bertz CT molecular complexity index is 361. The molecule has 0 saturated carbocycles. The third-order valence-corrected chi connectivity index (χ3v) is 2.14. The van der Waals surface area contributed by atoms with Crippen LogP contribution in [0.1, 0.15) is 29.0 Å². The van der Waals surface area contributed by atoms with Crippen molar-refractivity contribution < 1.29 is 18.7 Å². The van der Waals surface area contributed by atoms with E-state index in [0.29, 0.717) is 23.3 Å². The van der Waals surface area contributed by atoms with E-state index >= 15 is 0 Å². The quantitative estimate of drug-likeness (QED) is 0.719. The second-order valence-electron chi connectivity index (χ2n) is 3.07. The van der Waals surface area contributed by atoms with E-state index in [1.807, 2.05) is 0 Å². The molecule has 0 amide bonds. The average molecular weight is 212 g/mol. The molecule has 4 heteroatoms. The molecule has 82 valence electrons. The van der Waals surface area contributed by atoms with Gasteiger partial charge in [0.05, 0.1) is 14.2 Å². The second-order valence-corrected chi connectivity index (χ2v) is 3.07. The van der Waals surface area contributed by atoms with Crippen LogP contribution in [0.3, 0.4) is 0 Å². The number of methoxy groups -OCH3 is 2. The number of benzene rings is 1. The number of aldehydes is 1. The number of hydrogen-bond donors (Lipinski definition) is 0. The predicted molar refractivity (Wildman–Crippen MR) is 54.5 cm³/mol. The van der Waals surface area contributed by atoms with Gasteiger partial charge in [-0.3, -0.25) is 4.79 Å². The summed E-state index contributed by atoms with van der Waals surface area (Å²) >= 11 is 0. The van der Waals surface area contributed by atoms with Crippen LogP contribution in [0.15, 0.2) is 12.1 Å². The summed E-state index contributed by atoms with van der Waals surface area (Å²) in [5, 5.41) is 0. The van der Waals surface area contributed by atoms with Gasteiger partial charge < -0.3 is 9.47 Å². The summed E-state index contributed by atoms with van der Waals surface area (Å²) in [4.78, 5) is 10.7. The third kappa shape index (κ3) is 2.26. The topological polar surface area (TPSA) is 35.5 Å². The molecule has 1 aromatic carbocycles. The van der Waals surface area contributed by atoms with E-state index in [-0.39, 0.29) is 5.56 Å². The minimum absolute atomic E-state index is 0.280. The molecule has 1 unspecified atom stereocenters. The summed E-state index contributed by atoms with van der Waals surface area (Å²) in [6.07, 6.45) is -0.613. The van der Waals surface area contributed by atoms with E-state index < -0.39 is 6.17 Å². The maximum absolute atomic E-state index is 13.2. The van der Waals surface area contributed by atoms with Crippen LogP contribution >= 0.6 is 0 Å². The number of ether oxygens (including phenoxy) is 2. The summed E-state index contributed by atoms with van der Waals surface area (Å²) in [6, 6.07) is 2.95. The highest BCUT2D eigenvalue weighted by Gasteiger charge is 2.14. The lowest BCUT2D eigenvalue weighted by Gasteiger charge is -2.12. The van der Waals surface area contributed by atoms with E-state index in [1.165, 1.54) is 33.3 Å². The van der Waals surface area contributed by atoms with Crippen molar-refractivity contribution in [3.63, 3.8) is 0 Å². The van der Waals surface area contributed by atoms with Crippen LogP contribution in [0, 0.1) is 0 Å². The molecule has 1 rings (SSSR count). The summed E-state index contributed by atoms with van der Waals surface area (Å²) in [5.41, 5.74) is 0.588. The molecule has 0 aliphatic carbocycles. The Morgan fingerprint density at radius 1 is 1.27 bits per heavy atom.